The van der Waals surface area contributed by atoms with Gasteiger partial charge in [0.05, 0.1) is 40.3 Å². The molecule has 0 aliphatic heterocycles. The molecule has 0 saturated carbocycles. The highest BCUT2D eigenvalue weighted by molar-refractivity contribution is 5.70. The summed E-state index contributed by atoms with van der Waals surface area (Å²) in [6.07, 6.45) is 110. The summed E-state index contributed by atoms with van der Waals surface area (Å²) in [7, 11) is 5.93. The number of likely N-dealkylation sites (N-methyl/N-ethyl adjacent to an activating group) is 1. The second kappa shape index (κ2) is 79.6. The van der Waals surface area contributed by atoms with Crippen molar-refractivity contribution in [3.05, 3.63) is 109 Å². The van der Waals surface area contributed by atoms with Gasteiger partial charge in [0.1, 0.15) is 13.2 Å². The number of carbonyl (C=O) groups is 3. The summed E-state index contributed by atoms with van der Waals surface area (Å²) in [5.41, 5.74) is 0. The third-order valence-electron chi connectivity index (χ3n) is 18.5. The number of nitrogens with zero attached hydrogens (tertiary/aromatic N) is 1. The first-order valence-corrected chi connectivity index (χ1v) is 42.0. The normalized spacial score (nSPS) is 13.2. The van der Waals surface area contributed by atoms with E-state index in [0.29, 0.717) is 17.4 Å². The van der Waals surface area contributed by atoms with E-state index < -0.39 is 24.3 Å². The van der Waals surface area contributed by atoms with Gasteiger partial charge in [-0.05, 0) is 83.5 Å². The van der Waals surface area contributed by atoms with Crippen LogP contribution in [0.1, 0.15) is 386 Å². The lowest BCUT2D eigenvalue weighted by Crippen LogP contribution is -2.44. The molecule has 99 heavy (non-hydrogen) atoms. The SMILES string of the molecule is CC/C=C\C/C=C\C/C=C\C/C=C\C/C=C\C/C=C\C/C=C\C/C=C\C/C=C\CCCCCCCC(=O)OC(COC(=O)CCCCCCCCCCCCCCCCCCCCCCCCCCCCCCCCCCCCCCCCCCC)COC(OCC[N+](C)(C)C)C(=O)[O-]. The van der Waals surface area contributed by atoms with Crippen molar-refractivity contribution in [1.82, 2.24) is 0 Å². The number of carboxylic acids is 1. The molecule has 2 unspecified atom stereocenters. The first kappa shape index (κ1) is 94.9. The lowest BCUT2D eigenvalue weighted by atomic mass is 10.0. The molecule has 0 saturated heterocycles. The van der Waals surface area contributed by atoms with Crippen LogP contribution in [0.4, 0.5) is 0 Å². The molecule has 0 heterocycles. The maximum absolute atomic E-state index is 13.0. The number of esters is 2. The Hall–Kier alpha value is -4.05. The Labute approximate surface area is 613 Å². The summed E-state index contributed by atoms with van der Waals surface area (Å²) in [5, 5.41) is 11.9. The number of hydrogen-bond donors (Lipinski definition) is 0. The van der Waals surface area contributed by atoms with E-state index in [0.717, 1.165) is 109 Å². The van der Waals surface area contributed by atoms with E-state index >= 15 is 0 Å². The Morgan fingerprint density at radius 3 is 0.859 bits per heavy atom. The van der Waals surface area contributed by atoms with E-state index in [2.05, 4.69) is 123 Å². The van der Waals surface area contributed by atoms with Gasteiger partial charge in [0, 0.05) is 12.8 Å². The Bertz CT molecular complexity index is 2000. The van der Waals surface area contributed by atoms with Crippen LogP contribution in [-0.2, 0) is 33.3 Å². The molecule has 0 radical (unpaired) electrons. The number of quaternary nitrogens is 1. The van der Waals surface area contributed by atoms with E-state index in [9.17, 15) is 19.5 Å². The minimum Gasteiger partial charge on any atom is -0.545 e. The van der Waals surface area contributed by atoms with Crippen molar-refractivity contribution in [2.45, 2.75) is 399 Å². The second-order valence-electron chi connectivity index (χ2n) is 29.4. The summed E-state index contributed by atoms with van der Waals surface area (Å²) in [6, 6.07) is 0. The molecule has 0 fully saturated rings. The van der Waals surface area contributed by atoms with E-state index in [1.807, 2.05) is 21.1 Å². The van der Waals surface area contributed by atoms with Crippen molar-refractivity contribution < 1.29 is 42.9 Å². The lowest BCUT2D eigenvalue weighted by Gasteiger charge is -2.26. The monoisotopic (exact) mass is 1380 g/mol. The summed E-state index contributed by atoms with van der Waals surface area (Å²) < 4.78 is 22.8. The lowest BCUT2D eigenvalue weighted by molar-refractivity contribution is -0.870. The first-order valence-electron chi connectivity index (χ1n) is 42.0. The van der Waals surface area contributed by atoms with Gasteiger partial charge in [0.2, 0.25) is 0 Å². The minimum absolute atomic E-state index is 0.140. The standard InChI is InChI=1S/C90H159NO8/c1-6-8-10-12-14-16-18-20-22-24-26-28-30-32-34-36-38-40-41-42-43-44-45-46-47-49-50-52-54-56-58-60-62-64-66-68-70-72-74-76-78-80-87(92)97-84-86(85-98-90(89(94)95)96-83-82-91(3,4)5)99-88(93)81-79-77-75-73-71-69-67-65-63-61-59-57-55-53-51-48-39-37-35-33-31-29-27-25-23-21-19-17-15-13-11-9-7-2/h9,11,15,17,21,23,27,29,33,35,39,48,53,55,59,61,65,67,86,90H,6-8,10,12-14,16,18-20,22,24-26,28,30-32,34,36-38,40-47,49-52,54,56-58,60,62-64,66,68-85H2,1-5H3/b11-9-,17-15-,23-21-,29-27-,35-33-,48-39-,55-53-,61-59-,67-65-. The zero-order valence-corrected chi connectivity index (χ0v) is 65.6. The predicted molar refractivity (Wildman–Crippen MR) is 426 cm³/mol. The molecule has 0 aliphatic rings. The van der Waals surface area contributed by atoms with Crippen LogP contribution < -0.4 is 5.11 Å². The fourth-order valence-electron chi connectivity index (χ4n) is 12.2. The van der Waals surface area contributed by atoms with Crippen LogP contribution in [0.5, 0.6) is 0 Å². The molecule has 0 aromatic carbocycles. The molecule has 0 N–H and O–H groups in total. The van der Waals surface area contributed by atoms with Crippen molar-refractivity contribution in [2.75, 3.05) is 47.5 Å². The number of ether oxygens (including phenoxy) is 4. The van der Waals surface area contributed by atoms with Crippen molar-refractivity contribution in [2.24, 2.45) is 0 Å². The third kappa shape index (κ3) is 81.1. The van der Waals surface area contributed by atoms with Crippen LogP contribution in [-0.4, -0.2) is 82.3 Å². The largest absolute Gasteiger partial charge is 0.545 e. The fourth-order valence-corrected chi connectivity index (χ4v) is 12.2. The summed E-state index contributed by atoms with van der Waals surface area (Å²) >= 11 is 0. The van der Waals surface area contributed by atoms with Crippen molar-refractivity contribution >= 4 is 17.9 Å². The summed E-state index contributed by atoms with van der Waals surface area (Å²) in [6.45, 7) is 4.65. The molecule has 572 valence electrons. The van der Waals surface area contributed by atoms with Crippen LogP contribution in [0.3, 0.4) is 0 Å². The third-order valence-corrected chi connectivity index (χ3v) is 18.5. The molecular formula is C90H159NO8. The average molecular weight is 1380 g/mol. The van der Waals surface area contributed by atoms with E-state index in [4.69, 9.17) is 18.9 Å². The molecule has 0 aliphatic carbocycles. The molecule has 0 rings (SSSR count). The molecule has 0 aromatic rings. The topological polar surface area (TPSA) is 111 Å². The summed E-state index contributed by atoms with van der Waals surface area (Å²) in [5.74, 6) is -2.30. The molecule has 9 nitrogen and oxygen atoms in total. The molecule has 2 atom stereocenters. The van der Waals surface area contributed by atoms with Gasteiger partial charge in [-0.1, -0.05) is 399 Å². The number of aliphatic carboxylic acids is 1. The van der Waals surface area contributed by atoms with Crippen molar-refractivity contribution in [1.29, 1.82) is 0 Å². The Balaban J connectivity index is 4.01. The Kier molecular flexibility index (Phi) is 76.4. The molecular weight excluding hydrogens is 1220 g/mol. The van der Waals surface area contributed by atoms with Gasteiger partial charge < -0.3 is 33.3 Å². The zero-order chi connectivity index (χ0) is 71.8. The maximum Gasteiger partial charge on any atom is 0.306 e. The van der Waals surface area contributed by atoms with Crippen LogP contribution in [0, 0.1) is 0 Å². The number of allylic oxidation sites excluding steroid dienone is 18. The first-order chi connectivity index (χ1) is 48.6. The second-order valence-corrected chi connectivity index (χ2v) is 29.4. The van der Waals surface area contributed by atoms with Crippen LogP contribution in [0.15, 0.2) is 109 Å². The van der Waals surface area contributed by atoms with Gasteiger partial charge >= 0.3 is 11.9 Å². The fraction of sp³-hybridized carbons (Fsp3) is 0.767. The predicted octanol–water partition coefficient (Wildman–Crippen LogP) is 25.9. The highest BCUT2D eigenvalue weighted by atomic mass is 16.7. The molecule has 9 heteroatoms. The summed E-state index contributed by atoms with van der Waals surface area (Å²) in [4.78, 5) is 37.6. The molecule has 0 amide bonds. The van der Waals surface area contributed by atoms with Gasteiger partial charge in [-0.2, -0.15) is 0 Å². The number of carboxylic acid groups (broad SMARTS) is 1. The Morgan fingerprint density at radius 2 is 0.576 bits per heavy atom. The highest BCUT2D eigenvalue weighted by Gasteiger charge is 2.22. The van der Waals surface area contributed by atoms with Gasteiger partial charge in [0.15, 0.2) is 12.4 Å². The minimum atomic E-state index is -1.63. The number of hydrogen-bond acceptors (Lipinski definition) is 8. The van der Waals surface area contributed by atoms with Crippen LogP contribution in [0.25, 0.3) is 0 Å². The van der Waals surface area contributed by atoms with Gasteiger partial charge in [0.25, 0.3) is 0 Å². The highest BCUT2D eigenvalue weighted by Crippen LogP contribution is 2.20. The molecule has 0 aromatic heterocycles. The maximum atomic E-state index is 13.0. The number of rotatable bonds is 78. The van der Waals surface area contributed by atoms with E-state index in [1.54, 1.807) is 0 Å². The van der Waals surface area contributed by atoms with Crippen LogP contribution >= 0.6 is 0 Å². The van der Waals surface area contributed by atoms with Gasteiger partial charge in [-0.15, -0.1) is 0 Å². The molecule has 0 spiro atoms. The van der Waals surface area contributed by atoms with Gasteiger partial charge in [-0.3, -0.25) is 9.59 Å². The van der Waals surface area contributed by atoms with Crippen molar-refractivity contribution in [3.63, 3.8) is 0 Å². The molecule has 0 bridgehead atoms. The smallest absolute Gasteiger partial charge is 0.306 e. The zero-order valence-electron chi connectivity index (χ0n) is 65.6. The van der Waals surface area contributed by atoms with E-state index in [-0.39, 0.29) is 38.6 Å². The van der Waals surface area contributed by atoms with E-state index in [1.165, 1.54) is 244 Å². The van der Waals surface area contributed by atoms with Crippen LogP contribution in [0.2, 0.25) is 0 Å². The van der Waals surface area contributed by atoms with Gasteiger partial charge in [-0.25, -0.2) is 0 Å². The van der Waals surface area contributed by atoms with Crippen molar-refractivity contribution in [3.8, 4) is 0 Å². The number of carbonyl (C=O) groups excluding carboxylic acids is 3. The average Bonchev–Trinajstić information content (AvgIpc) is 1.57. The number of unbranched alkanes of at least 4 members (excludes halogenated alkanes) is 45. The Morgan fingerprint density at radius 1 is 0.313 bits per heavy atom. The quantitative estimate of drug-likeness (QED) is 0.0195.